The van der Waals surface area contributed by atoms with Gasteiger partial charge < -0.3 is 9.47 Å². The molecule has 2 rings (SSSR count). The average molecular weight is 391 g/mol. The van der Waals surface area contributed by atoms with Crippen LogP contribution in [0.25, 0.3) is 0 Å². The molecule has 0 spiro atoms. The van der Waals surface area contributed by atoms with Gasteiger partial charge in [0.1, 0.15) is 0 Å². The van der Waals surface area contributed by atoms with Crippen LogP contribution in [0, 0.1) is 0 Å². The number of hydrazone groups is 1. The van der Waals surface area contributed by atoms with Gasteiger partial charge in [-0.15, -0.1) is 0 Å². The lowest BCUT2D eigenvalue weighted by Gasteiger charge is -2.09. The summed E-state index contributed by atoms with van der Waals surface area (Å²) in [6, 6.07) is 13.1. The predicted octanol–water partition coefficient (Wildman–Crippen LogP) is 3.55. The van der Waals surface area contributed by atoms with Crippen LogP contribution in [0.3, 0.4) is 0 Å². The minimum atomic E-state index is -0.169. The van der Waals surface area contributed by atoms with E-state index in [9.17, 15) is 4.79 Å². The van der Waals surface area contributed by atoms with Gasteiger partial charge in [0, 0.05) is 10.0 Å². The highest BCUT2D eigenvalue weighted by atomic mass is 79.9. The quantitative estimate of drug-likeness (QED) is 0.605. The van der Waals surface area contributed by atoms with Gasteiger partial charge in [0.15, 0.2) is 11.5 Å². The van der Waals surface area contributed by atoms with Crippen molar-refractivity contribution in [3.63, 3.8) is 0 Å². The number of hydrogen-bond donors (Lipinski definition) is 1. The molecule has 0 atom stereocenters. The molecule has 0 aliphatic carbocycles. The van der Waals surface area contributed by atoms with Gasteiger partial charge in [0.05, 0.1) is 26.4 Å². The zero-order valence-electron chi connectivity index (χ0n) is 13.8. The Morgan fingerprint density at radius 2 is 1.75 bits per heavy atom. The second-order valence-corrected chi connectivity index (χ2v) is 6.02. The average Bonchev–Trinajstić information content (AvgIpc) is 2.61. The van der Waals surface area contributed by atoms with Crippen molar-refractivity contribution < 1.29 is 14.3 Å². The number of carbonyl (C=O) groups is 1. The highest BCUT2D eigenvalue weighted by molar-refractivity contribution is 9.10. The van der Waals surface area contributed by atoms with E-state index in [0.29, 0.717) is 17.2 Å². The number of methoxy groups -OCH3 is 2. The van der Waals surface area contributed by atoms with Gasteiger partial charge >= 0.3 is 0 Å². The summed E-state index contributed by atoms with van der Waals surface area (Å²) in [5.41, 5.74) is 5.03. The van der Waals surface area contributed by atoms with E-state index >= 15 is 0 Å². The molecule has 0 heterocycles. The van der Waals surface area contributed by atoms with Crippen LogP contribution in [-0.2, 0) is 11.2 Å². The molecule has 0 unspecified atom stereocenters. The number of rotatable bonds is 6. The molecule has 0 bridgehead atoms. The van der Waals surface area contributed by atoms with Crippen LogP contribution in [0.1, 0.15) is 18.1 Å². The fraction of sp³-hybridized carbons (Fsp3) is 0.222. The predicted molar refractivity (Wildman–Crippen MR) is 97.7 cm³/mol. The minimum absolute atomic E-state index is 0.169. The number of amides is 1. The van der Waals surface area contributed by atoms with Gasteiger partial charge in [-0.3, -0.25) is 4.79 Å². The van der Waals surface area contributed by atoms with Crippen molar-refractivity contribution in [2.24, 2.45) is 5.10 Å². The maximum Gasteiger partial charge on any atom is 0.244 e. The van der Waals surface area contributed by atoms with Crippen molar-refractivity contribution >= 4 is 27.5 Å². The number of carbonyl (C=O) groups excluding carboxylic acids is 1. The molecule has 24 heavy (non-hydrogen) atoms. The fourth-order valence-electron chi connectivity index (χ4n) is 2.10. The third-order valence-electron chi connectivity index (χ3n) is 3.43. The molecule has 2 aromatic carbocycles. The summed E-state index contributed by atoms with van der Waals surface area (Å²) in [7, 11) is 3.16. The summed E-state index contributed by atoms with van der Waals surface area (Å²) >= 11 is 3.37. The smallest absolute Gasteiger partial charge is 0.244 e. The largest absolute Gasteiger partial charge is 0.493 e. The topological polar surface area (TPSA) is 59.9 Å². The number of nitrogens with one attached hydrogen (secondary N) is 1. The van der Waals surface area contributed by atoms with Crippen LogP contribution in [0.15, 0.2) is 52.0 Å². The monoisotopic (exact) mass is 390 g/mol. The number of ether oxygens (including phenoxy) is 2. The van der Waals surface area contributed by atoms with Crippen molar-refractivity contribution in [2.75, 3.05) is 14.2 Å². The molecule has 5 nitrogen and oxygen atoms in total. The van der Waals surface area contributed by atoms with E-state index in [1.54, 1.807) is 20.3 Å². The third-order valence-corrected chi connectivity index (χ3v) is 3.96. The first-order valence-electron chi connectivity index (χ1n) is 7.33. The van der Waals surface area contributed by atoms with Gasteiger partial charge in [0.25, 0.3) is 0 Å². The summed E-state index contributed by atoms with van der Waals surface area (Å²) in [4.78, 5) is 12.0. The van der Waals surface area contributed by atoms with Gasteiger partial charge in [-0.1, -0.05) is 28.1 Å². The molecule has 0 aliphatic rings. The van der Waals surface area contributed by atoms with Crippen molar-refractivity contribution in [3.05, 3.63) is 58.1 Å². The van der Waals surface area contributed by atoms with Crippen molar-refractivity contribution in [2.45, 2.75) is 13.3 Å². The van der Waals surface area contributed by atoms with Gasteiger partial charge in [-0.05, 0) is 42.8 Å². The van der Waals surface area contributed by atoms with Crippen LogP contribution < -0.4 is 14.9 Å². The number of nitrogens with zero attached hydrogens (tertiary/aromatic N) is 1. The maximum atomic E-state index is 12.0. The van der Waals surface area contributed by atoms with Crippen molar-refractivity contribution in [3.8, 4) is 11.5 Å². The molecule has 0 saturated carbocycles. The third kappa shape index (κ3) is 4.83. The molecule has 1 N–H and O–H groups in total. The molecule has 0 saturated heterocycles. The maximum absolute atomic E-state index is 12.0. The number of halogens is 1. The van der Waals surface area contributed by atoms with E-state index < -0.39 is 0 Å². The molecule has 0 fully saturated rings. The normalized spacial score (nSPS) is 11.1. The van der Waals surface area contributed by atoms with Crippen LogP contribution >= 0.6 is 15.9 Å². The molecule has 2 aromatic rings. The summed E-state index contributed by atoms with van der Waals surface area (Å²) in [6.07, 6.45) is 0.274. The first-order valence-corrected chi connectivity index (χ1v) is 8.12. The molecule has 1 amide bonds. The SMILES string of the molecule is COc1ccc(/C(C)=N/NC(=O)Cc2ccc(Br)cc2)cc1OC. The van der Waals surface area contributed by atoms with E-state index in [2.05, 4.69) is 26.5 Å². The minimum Gasteiger partial charge on any atom is -0.493 e. The Morgan fingerprint density at radius 1 is 1.08 bits per heavy atom. The fourth-order valence-corrected chi connectivity index (χ4v) is 2.36. The van der Waals surface area contributed by atoms with Gasteiger partial charge in [0.2, 0.25) is 5.91 Å². The lowest BCUT2D eigenvalue weighted by molar-refractivity contribution is -0.120. The molecule has 0 radical (unpaired) electrons. The second-order valence-electron chi connectivity index (χ2n) is 5.11. The Hall–Kier alpha value is -2.34. The lowest BCUT2D eigenvalue weighted by Crippen LogP contribution is -2.21. The number of benzene rings is 2. The summed E-state index contributed by atoms with van der Waals surface area (Å²) in [5, 5.41) is 4.15. The second kappa shape index (κ2) is 8.49. The zero-order chi connectivity index (χ0) is 17.5. The van der Waals surface area contributed by atoms with E-state index in [1.165, 1.54) is 0 Å². The van der Waals surface area contributed by atoms with E-state index in [4.69, 9.17) is 9.47 Å². The molecule has 6 heteroatoms. The standard InChI is InChI=1S/C18H19BrN2O3/c1-12(14-6-9-16(23-2)17(11-14)24-3)20-21-18(22)10-13-4-7-15(19)8-5-13/h4-9,11H,10H2,1-3H3,(H,21,22)/b20-12+. The van der Waals surface area contributed by atoms with E-state index in [-0.39, 0.29) is 12.3 Å². The van der Waals surface area contributed by atoms with Crippen LogP contribution in [0.2, 0.25) is 0 Å². The first-order chi connectivity index (χ1) is 11.5. The summed E-state index contributed by atoms with van der Waals surface area (Å²) in [6.45, 7) is 1.82. The highest BCUT2D eigenvalue weighted by Crippen LogP contribution is 2.27. The highest BCUT2D eigenvalue weighted by Gasteiger charge is 2.07. The Balaban J connectivity index is 2.02. The molecule has 0 aliphatic heterocycles. The Bertz CT molecular complexity index is 742. The van der Waals surface area contributed by atoms with Gasteiger partial charge in [-0.25, -0.2) is 5.43 Å². The Morgan fingerprint density at radius 3 is 2.38 bits per heavy atom. The number of hydrogen-bond acceptors (Lipinski definition) is 4. The van der Waals surface area contributed by atoms with Crippen LogP contribution in [-0.4, -0.2) is 25.8 Å². The Kier molecular flexibility index (Phi) is 6.37. The first kappa shape index (κ1) is 18.0. The molecular formula is C18H19BrN2O3. The van der Waals surface area contributed by atoms with Crippen molar-refractivity contribution in [1.29, 1.82) is 0 Å². The van der Waals surface area contributed by atoms with Crippen molar-refractivity contribution in [1.82, 2.24) is 5.43 Å². The van der Waals surface area contributed by atoms with Gasteiger partial charge in [-0.2, -0.15) is 5.10 Å². The summed E-state index contributed by atoms with van der Waals surface area (Å²) < 4.78 is 11.5. The van der Waals surface area contributed by atoms with Crippen LogP contribution in [0.4, 0.5) is 0 Å². The molecule has 0 aromatic heterocycles. The lowest BCUT2D eigenvalue weighted by atomic mass is 10.1. The summed E-state index contributed by atoms with van der Waals surface area (Å²) in [5.74, 6) is 1.09. The Labute approximate surface area is 149 Å². The zero-order valence-corrected chi connectivity index (χ0v) is 15.4. The molecular weight excluding hydrogens is 372 g/mol. The molecule has 126 valence electrons. The van der Waals surface area contributed by atoms with Crippen LogP contribution in [0.5, 0.6) is 11.5 Å². The van der Waals surface area contributed by atoms with E-state index in [0.717, 1.165) is 15.6 Å². The van der Waals surface area contributed by atoms with E-state index in [1.807, 2.05) is 43.3 Å².